The fourth-order valence-corrected chi connectivity index (χ4v) is 4.51. The van der Waals surface area contributed by atoms with Crippen LogP contribution in [0.1, 0.15) is 26.4 Å². The lowest BCUT2D eigenvalue weighted by atomic mass is 10.1. The average Bonchev–Trinajstić information content (AvgIpc) is 2.83. The number of carboxylic acids is 1. The van der Waals surface area contributed by atoms with Crippen LogP contribution in [0.15, 0.2) is 28.7 Å². The van der Waals surface area contributed by atoms with Gasteiger partial charge in [0.2, 0.25) is 0 Å². The van der Waals surface area contributed by atoms with Crippen LogP contribution < -0.4 is 0 Å². The molecule has 0 aliphatic heterocycles. The average molecular weight is 311 g/mol. The van der Waals surface area contributed by atoms with Gasteiger partial charge in [-0.1, -0.05) is 0 Å². The van der Waals surface area contributed by atoms with E-state index in [4.69, 9.17) is 5.11 Å². The highest BCUT2D eigenvalue weighted by atomic mass is 32.2. The number of sulfone groups is 1. The third kappa shape index (κ3) is 2.88. The molecule has 20 heavy (non-hydrogen) atoms. The molecule has 5 nitrogen and oxygen atoms in total. The second kappa shape index (κ2) is 5.34. The minimum Gasteiger partial charge on any atom is -0.478 e. The number of thiazole rings is 1. The predicted molar refractivity (Wildman–Crippen MR) is 75.9 cm³/mol. The smallest absolute Gasteiger partial charge is 0.335 e. The number of carboxylic acid groups (broad SMARTS) is 1. The number of aryl methyl sites for hydroxylation is 1. The van der Waals surface area contributed by atoms with Crippen LogP contribution in [0.3, 0.4) is 0 Å². The molecule has 0 aliphatic rings. The van der Waals surface area contributed by atoms with Gasteiger partial charge in [-0.2, -0.15) is 0 Å². The Morgan fingerprint density at radius 2 is 2.05 bits per heavy atom. The normalized spacial score (nSPS) is 11.5. The predicted octanol–water partition coefficient (Wildman–Crippen LogP) is 2.43. The van der Waals surface area contributed by atoms with Crippen LogP contribution in [0.2, 0.25) is 0 Å². The molecule has 0 bridgehead atoms. The number of hydrogen-bond acceptors (Lipinski definition) is 5. The summed E-state index contributed by atoms with van der Waals surface area (Å²) >= 11 is 1.26. The molecule has 0 saturated heterocycles. The highest BCUT2D eigenvalue weighted by Crippen LogP contribution is 2.25. The maximum atomic E-state index is 12.4. The summed E-state index contributed by atoms with van der Waals surface area (Å²) in [5.41, 5.74) is 2.78. The summed E-state index contributed by atoms with van der Waals surface area (Å²) in [4.78, 5) is 15.6. The van der Waals surface area contributed by atoms with E-state index in [0.717, 1.165) is 0 Å². The molecule has 0 saturated carbocycles. The molecule has 0 amide bonds. The monoisotopic (exact) mass is 311 g/mol. The Balaban J connectivity index is 2.53. The molecule has 1 heterocycles. The molecule has 106 valence electrons. The minimum atomic E-state index is -3.59. The molecule has 1 aromatic heterocycles. The van der Waals surface area contributed by atoms with Gasteiger partial charge in [0.1, 0.15) is 0 Å². The van der Waals surface area contributed by atoms with Gasteiger partial charge in [-0.3, -0.25) is 4.98 Å². The van der Waals surface area contributed by atoms with E-state index in [2.05, 4.69) is 4.98 Å². The number of benzene rings is 1. The van der Waals surface area contributed by atoms with Crippen LogP contribution in [-0.2, 0) is 15.6 Å². The lowest BCUT2D eigenvalue weighted by molar-refractivity contribution is 0.0696. The molecular formula is C13H13NO4S2. The number of nitrogens with zero attached hydrogens (tertiary/aromatic N) is 1. The van der Waals surface area contributed by atoms with Crippen molar-refractivity contribution in [2.45, 2.75) is 24.5 Å². The van der Waals surface area contributed by atoms with E-state index in [1.165, 1.54) is 29.7 Å². The molecule has 0 radical (unpaired) electrons. The van der Waals surface area contributed by atoms with Crippen molar-refractivity contribution in [1.29, 1.82) is 0 Å². The summed E-state index contributed by atoms with van der Waals surface area (Å²) in [6, 6.07) is 2.70. The first-order valence-corrected chi connectivity index (χ1v) is 8.29. The van der Waals surface area contributed by atoms with Crippen LogP contribution in [0.5, 0.6) is 0 Å². The summed E-state index contributed by atoms with van der Waals surface area (Å²) in [6.07, 6.45) is 1.51. The zero-order valence-electron chi connectivity index (χ0n) is 11.0. The number of hydrogen-bond donors (Lipinski definition) is 1. The van der Waals surface area contributed by atoms with Gasteiger partial charge < -0.3 is 5.11 Å². The van der Waals surface area contributed by atoms with Crippen LogP contribution in [0, 0.1) is 13.8 Å². The van der Waals surface area contributed by atoms with Gasteiger partial charge in [-0.15, -0.1) is 11.3 Å². The zero-order chi connectivity index (χ0) is 14.9. The lowest BCUT2D eigenvalue weighted by Gasteiger charge is -2.10. The van der Waals surface area contributed by atoms with Crippen molar-refractivity contribution in [3.8, 4) is 0 Å². The topological polar surface area (TPSA) is 84.3 Å². The molecule has 0 unspecified atom stereocenters. The largest absolute Gasteiger partial charge is 0.478 e. The van der Waals surface area contributed by atoms with Gasteiger partial charge in [0, 0.05) is 11.1 Å². The molecule has 2 aromatic rings. The van der Waals surface area contributed by atoms with Gasteiger partial charge in [0.15, 0.2) is 9.84 Å². The Morgan fingerprint density at radius 3 is 2.60 bits per heavy atom. The van der Waals surface area contributed by atoms with Crippen molar-refractivity contribution in [3.05, 3.63) is 45.4 Å². The van der Waals surface area contributed by atoms with Crippen LogP contribution in [-0.4, -0.2) is 24.5 Å². The Morgan fingerprint density at radius 1 is 1.35 bits per heavy atom. The number of aromatic nitrogens is 1. The molecule has 2 rings (SSSR count). The van der Waals surface area contributed by atoms with Crippen molar-refractivity contribution >= 4 is 27.1 Å². The molecule has 1 N–H and O–H groups in total. The third-order valence-electron chi connectivity index (χ3n) is 3.02. The molecular weight excluding hydrogens is 298 g/mol. The SMILES string of the molecule is Cc1cc(C(=O)O)cc(S(=O)(=O)Cc2cncs2)c1C. The van der Waals surface area contributed by atoms with E-state index in [9.17, 15) is 13.2 Å². The van der Waals surface area contributed by atoms with Crippen LogP contribution >= 0.6 is 11.3 Å². The van der Waals surface area contributed by atoms with E-state index in [0.29, 0.717) is 16.0 Å². The van der Waals surface area contributed by atoms with Gasteiger partial charge in [-0.05, 0) is 37.1 Å². The summed E-state index contributed by atoms with van der Waals surface area (Å²) in [5.74, 6) is -1.30. The molecule has 1 aromatic carbocycles. The second-order valence-electron chi connectivity index (χ2n) is 4.45. The van der Waals surface area contributed by atoms with Crippen molar-refractivity contribution < 1.29 is 18.3 Å². The van der Waals surface area contributed by atoms with Gasteiger partial charge in [0.05, 0.1) is 21.7 Å². The molecule has 0 fully saturated rings. The van der Waals surface area contributed by atoms with E-state index in [1.807, 2.05) is 0 Å². The maximum Gasteiger partial charge on any atom is 0.335 e. The second-order valence-corrected chi connectivity index (χ2v) is 7.38. The van der Waals surface area contributed by atoms with E-state index in [1.54, 1.807) is 19.4 Å². The molecule has 7 heteroatoms. The van der Waals surface area contributed by atoms with Gasteiger partial charge in [0.25, 0.3) is 0 Å². The Kier molecular flexibility index (Phi) is 3.92. The van der Waals surface area contributed by atoms with Crippen molar-refractivity contribution in [2.24, 2.45) is 0 Å². The van der Waals surface area contributed by atoms with Crippen molar-refractivity contribution in [3.63, 3.8) is 0 Å². The first-order chi connectivity index (χ1) is 9.31. The zero-order valence-corrected chi connectivity index (χ0v) is 12.6. The molecule has 0 aliphatic carbocycles. The summed E-state index contributed by atoms with van der Waals surface area (Å²) in [5, 5.41) is 9.04. The van der Waals surface area contributed by atoms with Crippen LogP contribution in [0.25, 0.3) is 0 Å². The minimum absolute atomic E-state index is 0.0176. The van der Waals surface area contributed by atoms with Gasteiger partial charge in [-0.25, -0.2) is 13.2 Å². The maximum absolute atomic E-state index is 12.4. The van der Waals surface area contributed by atoms with E-state index >= 15 is 0 Å². The van der Waals surface area contributed by atoms with Gasteiger partial charge >= 0.3 is 5.97 Å². The Hall–Kier alpha value is -1.73. The standard InChI is InChI=1S/C13H13NO4S2/c1-8-3-10(13(15)16)4-12(9(8)2)20(17,18)6-11-5-14-7-19-11/h3-5,7H,6H2,1-2H3,(H,15,16). The van der Waals surface area contributed by atoms with E-state index < -0.39 is 15.8 Å². The fraction of sp³-hybridized carbons (Fsp3) is 0.231. The summed E-state index contributed by atoms with van der Waals surface area (Å²) in [7, 11) is -3.59. The number of carbonyl (C=O) groups is 1. The molecule has 0 atom stereocenters. The molecule has 0 spiro atoms. The van der Waals surface area contributed by atoms with Crippen LogP contribution in [0.4, 0.5) is 0 Å². The van der Waals surface area contributed by atoms with Crippen molar-refractivity contribution in [2.75, 3.05) is 0 Å². The highest BCUT2D eigenvalue weighted by molar-refractivity contribution is 7.90. The number of rotatable bonds is 4. The Labute approximate surface area is 120 Å². The highest BCUT2D eigenvalue weighted by Gasteiger charge is 2.21. The summed E-state index contributed by atoms with van der Waals surface area (Å²) in [6.45, 7) is 3.38. The van der Waals surface area contributed by atoms with Crippen molar-refractivity contribution in [1.82, 2.24) is 4.98 Å². The fourth-order valence-electron chi connectivity index (χ4n) is 1.85. The van der Waals surface area contributed by atoms with E-state index in [-0.39, 0.29) is 16.2 Å². The lowest BCUT2D eigenvalue weighted by Crippen LogP contribution is -2.09. The quantitative estimate of drug-likeness (QED) is 0.937. The first kappa shape index (κ1) is 14.7. The number of aromatic carboxylic acids is 1. The summed E-state index contributed by atoms with van der Waals surface area (Å²) < 4.78 is 24.9. The first-order valence-electron chi connectivity index (χ1n) is 5.76. The third-order valence-corrected chi connectivity index (χ3v) is 5.77. The Bertz CT molecular complexity index is 749.